The summed E-state index contributed by atoms with van der Waals surface area (Å²) in [6.07, 6.45) is 20.8. The largest absolute Gasteiger partial charge is 1.00 e. The van der Waals surface area contributed by atoms with Crippen molar-refractivity contribution in [2.75, 3.05) is 11.5 Å². The molecule has 0 atom stereocenters. The van der Waals surface area contributed by atoms with E-state index in [2.05, 4.69) is 79.7 Å². The van der Waals surface area contributed by atoms with Gasteiger partial charge in [-0.25, -0.2) is 4.98 Å². The molecule has 0 radical (unpaired) electrons. The normalized spacial score (nSPS) is 11.4. The lowest BCUT2D eigenvalue weighted by Crippen LogP contribution is -3.00. The molecule has 0 saturated carbocycles. The fourth-order valence-corrected chi connectivity index (χ4v) is 6.31. The first-order valence-electron chi connectivity index (χ1n) is 17.9. The number of carbonyl (C=O) groups excluding carboxylic acids is 1. The number of hydrogen-bond acceptors (Lipinski definition) is 2. The van der Waals surface area contributed by atoms with E-state index in [1.54, 1.807) is 6.92 Å². The predicted molar refractivity (Wildman–Crippen MR) is 192 cm³/mol. The number of rotatable bonds is 19. The SMILES string of the molecule is CCCCCCCCCCCCCCOc1cc(CN(C(C)=O)c2cccc(Cc3[nH]cc4cccc[n+]34)c2)ccc1C(C)(C)C.[Br-]. The Bertz CT molecular complexity index is 1510. The first kappa shape index (κ1) is 38.3. The Morgan fingerprint density at radius 3 is 2.15 bits per heavy atom. The molecule has 2 aromatic carbocycles. The Morgan fingerprint density at radius 2 is 1.49 bits per heavy atom. The third-order valence-electron chi connectivity index (χ3n) is 8.99. The molecule has 4 rings (SSSR count). The quantitative estimate of drug-likeness (QED) is 0.0825. The van der Waals surface area contributed by atoms with Crippen LogP contribution in [-0.4, -0.2) is 17.5 Å². The summed E-state index contributed by atoms with van der Waals surface area (Å²) >= 11 is 0. The van der Waals surface area contributed by atoms with Crippen LogP contribution in [0.15, 0.2) is 73.1 Å². The van der Waals surface area contributed by atoms with Gasteiger partial charge in [-0.05, 0) is 58.9 Å². The van der Waals surface area contributed by atoms with Gasteiger partial charge in [0.1, 0.15) is 11.9 Å². The van der Waals surface area contributed by atoms with Crippen molar-refractivity contribution in [3.63, 3.8) is 0 Å². The summed E-state index contributed by atoms with van der Waals surface area (Å²) in [5.41, 5.74) is 5.45. The van der Waals surface area contributed by atoms with Crippen LogP contribution >= 0.6 is 0 Å². The minimum atomic E-state index is -0.0288. The Balaban J connectivity index is 0.00000600. The zero-order valence-corrected chi connectivity index (χ0v) is 31.2. The fraction of sp³-hybridized carbons (Fsp3) is 0.512. The number of halogens is 1. The van der Waals surface area contributed by atoms with E-state index in [0.717, 1.165) is 53.4 Å². The Hall–Kier alpha value is -3.12. The second-order valence-corrected chi connectivity index (χ2v) is 14.0. The van der Waals surface area contributed by atoms with Crippen molar-refractivity contribution in [2.45, 2.75) is 130 Å². The molecule has 1 amide bonds. The number of hydrogen-bond donors (Lipinski definition) is 1. The van der Waals surface area contributed by atoms with Gasteiger partial charge in [0.2, 0.25) is 5.91 Å². The zero-order valence-electron chi connectivity index (χ0n) is 29.6. The summed E-state index contributed by atoms with van der Waals surface area (Å²) in [5.74, 6) is 2.08. The number of ether oxygens (including phenoxy) is 1. The standard InChI is InChI=1S/C41H57N3O2.BrH/c1-6-7-8-9-10-11-12-13-14-15-16-19-27-46-39-29-35(24-25-38(39)41(3,4)5)32-44(33(2)45)36-23-20-21-34(28-36)30-40-42-31-37-22-17-18-26-43(37)40;/h17-18,20-26,28-29,31H,6-16,19,27,30,32H2,1-5H3;1H. The lowest BCUT2D eigenvalue weighted by molar-refractivity contribution is -0.520. The highest BCUT2D eigenvalue weighted by Crippen LogP contribution is 2.33. The Labute approximate surface area is 294 Å². The molecule has 4 aromatic rings. The molecule has 0 fully saturated rings. The third-order valence-corrected chi connectivity index (χ3v) is 8.99. The van der Waals surface area contributed by atoms with Gasteiger partial charge in [0.05, 0.1) is 25.8 Å². The average Bonchev–Trinajstić information content (AvgIpc) is 3.44. The van der Waals surface area contributed by atoms with E-state index in [-0.39, 0.29) is 28.3 Å². The molecule has 1 N–H and O–H groups in total. The molecule has 47 heavy (non-hydrogen) atoms. The first-order valence-corrected chi connectivity index (χ1v) is 17.9. The van der Waals surface area contributed by atoms with Gasteiger partial charge in [0, 0.05) is 12.6 Å². The topological polar surface area (TPSA) is 49.4 Å². The smallest absolute Gasteiger partial charge is 0.263 e. The number of imidazole rings is 1. The average molecular weight is 705 g/mol. The van der Waals surface area contributed by atoms with Crippen LogP contribution < -0.4 is 31.0 Å². The van der Waals surface area contributed by atoms with Crippen molar-refractivity contribution < 1.29 is 30.9 Å². The molecule has 2 heterocycles. The number of amides is 1. The van der Waals surface area contributed by atoms with Crippen LogP contribution in [0.1, 0.15) is 134 Å². The molecular weight excluding hydrogens is 646 g/mol. The van der Waals surface area contributed by atoms with E-state index in [4.69, 9.17) is 4.74 Å². The van der Waals surface area contributed by atoms with Crippen LogP contribution in [0.3, 0.4) is 0 Å². The highest BCUT2D eigenvalue weighted by molar-refractivity contribution is 5.91. The van der Waals surface area contributed by atoms with E-state index in [1.165, 1.54) is 76.2 Å². The van der Waals surface area contributed by atoms with E-state index >= 15 is 0 Å². The summed E-state index contributed by atoms with van der Waals surface area (Å²) in [6.45, 7) is 11.9. The fourth-order valence-electron chi connectivity index (χ4n) is 6.31. The molecule has 5 nitrogen and oxygen atoms in total. The summed E-state index contributed by atoms with van der Waals surface area (Å²) in [6, 6.07) is 21.0. The van der Waals surface area contributed by atoms with Crippen LogP contribution in [0.25, 0.3) is 5.52 Å². The molecule has 0 aliphatic carbocycles. The van der Waals surface area contributed by atoms with Crippen LogP contribution in [0, 0.1) is 0 Å². The summed E-state index contributed by atoms with van der Waals surface area (Å²) in [5, 5.41) is 0. The number of aromatic amines is 1. The second-order valence-electron chi connectivity index (χ2n) is 14.0. The van der Waals surface area contributed by atoms with Crippen LogP contribution in [0.5, 0.6) is 5.75 Å². The molecule has 0 bridgehead atoms. The molecule has 0 unspecified atom stereocenters. The van der Waals surface area contributed by atoms with Crippen molar-refractivity contribution in [3.05, 3.63) is 95.6 Å². The van der Waals surface area contributed by atoms with Gasteiger partial charge in [0.25, 0.3) is 5.82 Å². The molecule has 0 aliphatic heterocycles. The lowest BCUT2D eigenvalue weighted by Gasteiger charge is -2.26. The minimum Gasteiger partial charge on any atom is -1.00 e. The maximum atomic E-state index is 13.0. The highest BCUT2D eigenvalue weighted by atomic mass is 79.9. The molecular formula is C41H58BrN3O2. The number of nitrogens with zero attached hydrogens (tertiary/aromatic N) is 2. The summed E-state index contributed by atoms with van der Waals surface area (Å²) in [7, 11) is 0. The molecule has 2 aromatic heterocycles. The van der Waals surface area contributed by atoms with Crippen molar-refractivity contribution in [1.82, 2.24) is 4.98 Å². The van der Waals surface area contributed by atoms with E-state index < -0.39 is 0 Å². The van der Waals surface area contributed by atoms with Gasteiger partial charge in [-0.1, -0.05) is 129 Å². The number of anilines is 1. The van der Waals surface area contributed by atoms with Gasteiger partial charge < -0.3 is 26.6 Å². The van der Waals surface area contributed by atoms with Gasteiger partial charge in [-0.3, -0.25) is 4.79 Å². The van der Waals surface area contributed by atoms with E-state index in [1.807, 2.05) is 35.4 Å². The summed E-state index contributed by atoms with van der Waals surface area (Å²) < 4.78 is 8.62. The van der Waals surface area contributed by atoms with E-state index in [9.17, 15) is 4.79 Å². The maximum absolute atomic E-state index is 13.0. The first-order chi connectivity index (χ1) is 22.3. The zero-order chi connectivity index (χ0) is 32.8. The third kappa shape index (κ3) is 12.1. The van der Waals surface area contributed by atoms with Gasteiger partial charge >= 0.3 is 0 Å². The minimum absolute atomic E-state index is 0. The molecule has 6 heteroatoms. The number of unbranched alkanes of at least 4 members (excludes halogenated alkanes) is 11. The Kier molecular flexibility index (Phi) is 16.0. The molecule has 256 valence electrons. The van der Waals surface area contributed by atoms with Crippen LogP contribution in [0.2, 0.25) is 0 Å². The second kappa shape index (κ2) is 19.6. The monoisotopic (exact) mass is 703 g/mol. The number of benzene rings is 2. The van der Waals surface area contributed by atoms with Gasteiger partial charge in [0.15, 0.2) is 5.52 Å². The number of carbonyl (C=O) groups is 1. The number of aromatic nitrogens is 2. The van der Waals surface area contributed by atoms with Gasteiger partial charge in [-0.15, -0.1) is 0 Å². The maximum Gasteiger partial charge on any atom is 0.263 e. The number of nitrogens with one attached hydrogen (secondary N) is 1. The van der Waals surface area contributed by atoms with Crippen molar-refractivity contribution >= 4 is 17.1 Å². The molecule has 0 aliphatic rings. The van der Waals surface area contributed by atoms with Gasteiger partial charge in [-0.2, -0.15) is 4.40 Å². The van der Waals surface area contributed by atoms with Crippen LogP contribution in [-0.2, 0) is 23.2 Å². The number of pyridine rings is 1. The highest BCUT2D eigenvalue weighted by Gasteiger charge is 2.21. The summed E-state index contributed by atoms with van der Waals surface area (Å²) in [4.78, 5) is 18.2. The number of H-pyrrole nitrogens is 1. The van der Waals surface area contributed by atoms with Crippen molar-refractivity contribution in [1.29, 1.82) is 0 Å². The lowest BCUT2D eigenvalue weighted by atomic mass is 9.85. The number of fused-ring (bicyclic) bond motifs is 1. The molecule has 0 saturated heterocycles. The predicted octanol–water partition coefficient (Wildman–Crippen LogP) is 7.28. The van der Waals surface area contributed by atoms with Crippen molar-refractivity contribution in [2.24, 2.45) is 0 Å². The molecule has 0 spiro atoms. The van der Waals surface area contributed by atoms with Crippen molar-refractivity contribution in [3.8, 4) is 5.75 Å². The van der Waals surface area contributed by atoms with Crippen LogP contribution in [0.4, 0.5) is 5.69 Å². The Morgan fingerprint density at radius 1 is 0.809 bits per heavy atom. The van der Waals surface area contributed by atoms with E-state index in [0.29, 0.717) is 6.54 Å².